The molecule has 11 heteroatoms. The third kappa shape index (κ3) is 5.75. The molecule has 0 aliphatic carbocycles. The van der Waals surface area contributed by atoms with Crippen LogP contribution in [0.5, 0.6) is 11.6 Å². The third-order valence-electron chi connectivity index (χ3n) is 4.79. The Morgan fingerprint density at radius 2 is 1.79 bits per heavy atom. The number of benzene rings is 1. The van der Waals surface area contributed by atoms with E-state index in [0.717, 1.165) is 0 Å². The number of nitrogens with one attached hydrogen (secondary N) is 1. The van der Waals surface area contributed by atoms with E-state index in [-0.39, 0.29) is 57.3 Å². The molecule has 0 saturated heterocycles. The Balaban J connectivity index is 2.16. The number of hydrogen-bond acceptors (Lipinski definition) is 6. The molecule has 182 valence electrons. The number of aromatic nitrogens is 2. The maximum absolute atomic E-state index is 12.9. The van der Waals surface area contributed by atoms with Crippen molar-refractivity contribution in [2.45, 2.75) is 32.8 Å². The Bertz CT molecular complexity index is 1280. The number of ether oxygens (including phenoxy) is 2. The van der Waals surface area contributed by atoms with Gasteiger partial charge in [-0.15, -0.1) is 0 Å². The molecule has 0 spiro atoms. The molecule has 8 nitrogen and oxygen atoms in total. The lowest BCUT2D eigenvalue weighted by molar-refractivity contribution is -0.121. The van der Waals surface area contributed by atoms with Crippen LogP contribution in [-0.2, 0) is 4.79 Å². The van der Waals surface area contributed by atoms with E-state index in [9.17, 15) is 14.7 Å². The summed E-state index contributed by atoms with van der Waals surface area (Å²) in [6.07, 6.45) is 1.45. The largest absolute Gasteiger partial charge is 0.491 e. The van der Waals surface area contributed by atoms with Gasteiger partial charge in [-0.2, -0.15) is 0 Å². The third-order valence-corrected chi connectivity index (χ3v) is 5.64. The van der Waals surface area contributed by atoms with Crippen LogP contribution < -0.4 is 20.2 Å². The highest BCUT2D eigenvalue weighted by atomic mass is 35.5. The Kier molecular flexibility index (Phi) is 7.98. The summed E-state index contributed by atoms with van der Waals surface area (Å²) in [6, 6.07) is 4.53. The minimum atomic E-state index is -1.04. The molecule has 1 amide bonds. The molecule has 0 aliphatic heterocycles. The summed E-state index contributed by atoms with van der Waals surface area (Å²) in [6.45, 7) is 5.00. The van der Waals surface area contributed by atoms with Gasteiger partial charge in [-0.3, -0.25) is 9.59 Å². The first-order chi connectivity index (χ1) is 15.9. The lowest BCUT2D eigenvalue weighted by Crippen LogP contribution is -2.27. The van der Waals surface area contributed by atoms with Gasteiger partial charge in [-0.05, 0) is 20.8 Å². The van der Waals surface area contributed by atoms with Crippen molar-refractivity contribution in [3.8, 4) is 17.3 Å². The summed E-state index contributed by atoms with van der Waals surface area (Å²) in [4.78, 5) is 28.6. The van der Waals surface area contributed by atoms with E-state index in [4.69, 9.17) is 44.3 Å². The smallest absolute Gasteiger partial charge is 0.227 e. The van der Waals surface area contributed by atoms with Gasteiger partial charge in [0.25, 0.3) is 0 Å². The number of hydrogen-bond donors (Lipinski definition) is 2. The fourth-order valence-electron chi connectivity index (χ4n) is 3.27. The number of fused-ring (bicyclic) bond motifs is 1. The molecule has 0 bridgehead atoms. The van der Waals surface area contributed by atoms with Crippen molar-refractivity contribution in [3.05, 3.63) is 55.4 Å². The molecule has 2 N–H and O–H groups in total. The van der Waals surface area contributed by atoms with Crippen LogP contribution in [0.25, 0.3) is 16.6 Å². The van der Waals surface area contributed by atoms with Crippen LogP contribution in [0.15, 0.2) is 29.2 Å². The standard InChI is InChI=1S/C23H24Cl3N3O5/c1-12-7-17(30)19-21(16(26)10-28-22(19)33-6-5-18(31)27-4)29(12)20-14(24)8-13(9-15(20)25)34-11-23(2,3)32/h7-10,32H,5-6,11H2,1-4H3,(H,27,31). The Morgan fingerprint density at radius 3 is 2.38 bits per heavy atom. The van der Waals surface area contributed by atoms with Crippen molar-refractivity contribution < 1.29 is 19.4 Å². The average Bonchev–Trinajstić information content (AvgIpc) is 2.74. The Hall–Kier alpha value is -2.52. The quantitative estimate of drug-likeness (QED) is 0.451. The molecular formula is C23H24Cl3N3O5. The summed E-state index contributed by atoms with van der Waals surface area (Å²) in [5.74, 6) is 0.200. The zero-order valence-electron chi connectivity index (χ0n) is 19.0. The van der Waals surface area contributed by atoms with Crippen LogP contribution in [0.3, 0.4) is 0 Å². The Morgan fingerprint density at radius 1 is 1.15 bits per heavy atom. The molecule has 0 unspecified atom stereocenters. The normalized spacial score (nSPS) is 11.5. The van der Waals surface area contributed by atoms with Gasteiger partial charge in [-0.1, -0.05) is 34.8 Å². The van der Waals surface area contributed by atoms with E-state index >= 15 is 0 Å². The molecule has 0 aliphatic rings. The van der Waals surface area contributed by atoms with Gasteiger partial charge < -0.3 is 24.5 Å². The average molecular weight is 529 g/mol. The number of carbonyl (C=O) groups excluding carboxylic acids is 1. The molecule has 0 fully saturated rings. The lowest BCUT2D eigenvalue weighted by atomic mass is 10.1. The molecule has 0 saturated carbocycles. The topological polar surface area (TPSA) is 103 Å². The summed E-state index contributed by atoms with van der Waals surface area (Å²) < 4.78 is 12.9. The minimum Gasteiger partial charge on any atom is -0.491 e. The van der Waals surface area contributed by atoms with E-state index in [1.807, 2.05) is 0 Å². The van der Waals surface area contributed by atoms with Crippen molar-refractivity contribution in [2.75, 3.05) is 20.3 Å². The first-order valence-electron chi connectivity index (χ1n) is 10.3. The number of halogens is 3. The van der Waals surface area contributed by atoms with Crippen molar-refractivity contribution >= 4 is 51.6 Å². The molecule has 0 radical (unpaired) electrons. The highest BCUT2D eigenvalue weighted by molar-refractivity contribution is 6.39. The number of aliphatic hydroxyl groups is 1. The second kappa shape index (κ2) is 10.4. The van der Waals surface area contributed by atoms with Gasteiger partial charge in [0.2, 0.25) is 11.8 Å². The highest BCUT2D eigenvalue weighted by Crippen LogP contribution is 2.38. The van der Waals surface area contributed by atoms with Crippen LogP contribution >= 0.6 is 34.8 Å². The van der Waals surface area contributed by atoms with Crippen molar-refractivity contribution in [2.24, 2.45) is 0 Å². The maximum Gasteiger partial charge on any atom is 0.227 e. The van der Waals surface area contributed by atoms with Gasteiger partial charge in [0.15, 0.2) is 5.43 Å². The predicted octanol–water partition coefficient (Wildman–Crippen LogP) is 4.32. The molecular weight excluding hydrogens is 505 g/mol. The van der Waals surface area contributed by atoms with Crippen molar-refractivity contribution in [3.63, 3.8) is 0 Å². The fraction of sp³-hybridized carbons (Fsp3) is 0.348. The first kappa shape index (κ1) is 26.1. The summed E-state index contributed by atoms with van der Waals surface area (Å²) >= 11 is 19.7. The van der Waals surface area contributed by atoms with Crippen LogP contribution in [0.1, 0.15) is 26.0 Å². The van der Waals surface area contributed by atoms with Gasteiger partial charge >= 0.3 is 0 Å². The van der Waals surface area contributed by atoms with Gasteiger partial charge in [-0.25, -0.2) is 4.98 Å². The molecule has 3 rings (SSSR count). The van der Waals surface area contributed by atoms with Gasteiger partial charge in [0, 0.05) is 30.9 Å². The number of rotatable bonds is 8. The molecule has 2 heterocycles. The van der Waals surface area contributed by atoms with E-state index in [1.54, 1.807) is 37.5 Å². The van der Waals surface area contributed by atoms with Crippen molar-refractivity contribution in [1.82, 2.24) is 14.9 Å². The number of aryl methyl sites for hydroxylation is 1. The van der Waals surface area contributed by atoms with E-state index in [1.165, 1.54) is 19.3 Å². The maximum atomic E-state index is 12.9. The van der Waals surface area contributed by atoms with E-state index < -0.39 is 5.60 Å². The number of nitrogens with zero attached hydrogens (tertiary/aromatic N) is 2. The van der Waals surface area contributed by atoms with Gasteiger partial charge in [0.05, 0.1) is 51.1 Å². The molecule has 34 heavy (non-hydrogen) atoms. The summed E-state index contributed by atoms with van der Waals surface area (Å²) in [7, 11) is 1.52. The number of pyridine rings is 2. The van der Waals surface area contributed by atoms with E-state index in [2.05, 4.69) is 10.3 Å². The number of amides is 1. The fourth-order valence-corrected chi connectivity index (χ4v) is 4.13. The van der Waals surface area contributed by atoms with E-state index in [0.29, 0.717) is 22.6 Å². The summed E-state index contributed by atoms with van der Waals surface area (Å²) in [5.41, 5.74) is -0.184. The van der Waals surface area contributed by atoms with Crippen LogP contribution in [0, 0.1) is 6.92 Å². The molecule has 3 aromatic rings. The number of carbonyl (C=O) groups is 1. The van der Waals surface area contributed by atoms with Crippen molar-refractivity contribution in [1.29, 1.82) is 0 Å². The molecule has 1 aromatic carbocycles. The minimum absolute atomic E-state index is 0.0193. The highest BCUT2D eigenvalue weighted by Gasteiger charge is 2.22. The lowest BCUT2D eigenvalue weighted by Gasteiger charge is -2.21. The van der Waals surface area contributed by atoms with Gasteiger partial charge in [0.1, 0.15) is 17.7 Å². The monoisotopic (exact) mass is 527 g/mol. The zero-order chi connectivity index (χ0) is 25.2. The summed E-state index contributed by atoms with van der Waals surface area (Å²) in [5, 5.41) is 13.2. The SMILES string of the molecule is CNC(=O)CCOc1ncc(Cl)c2c1c(=O)cc(C)n2-c1c(Cl)cc(OCC(C)(C)O)cc1Cl. The van der Waals surface area contributed by atoms with Crippen LogP contribution in [0.4, 0.5) is 0 Å². The zero-order valence-corrected chi connectivity index (χ0v) is 21.3. The second-order valence-electron chi connectivity index (χ2n) is 8.23. The second-order valence-corrected chi connectivity index (χ2v) is 9.45. The molecule has 2 aromatic heterocycles. The first-order valence-corrected chi connectivity index (χ1v) is 11.4. The predicted molar refractivity (Wildman–Crippen MR) is 133 cm³/mol. The van der Waals surface area contributed by atoms with Crippen LogP contribution in [-0.4, -0.2) is 46.4 Å². The Labute approximate surface area is 211 Å². The van der Waals surface area contributed by atoms with Crippen LogP contribution in [0.2, 0.25) is 15.1 Å². The molecule has 0 atom stereocenters.